The Morgan fingerprint density at radius 3 is 2.62 bits per heavy atom. The third-order valence-electron chi connectivity index (χ3n) is 4.17. The van der Waals surface area contributed by atoms with Crippen molar-refractivity contribution in [2.75, 3.05) is 13.2 Å². The number of likely N-dealkylation sites (N-methyl/N-ethyl adjacent to an activating group) is 1. The van der Waals surface area contributed by atoms with Crippen LogP contribution in [0.5, 0.6) is 0 Å². The Bertz CT molecular complexity index is 457. The topological polar surface area (TPSA) is 39.1 Å². The Hall–Kier alpha value is -0.580. The molecule has 2 unspecified atom stereocenters. The number of nitrogens with zero attached hydrogens (tertiary/aromatic N) is 2. The highest BCUT2D eigenvalue weighted by Gasteiger charge is 2.37. The van der Waals surface area contributed by atoms with E-state index in [1.54, 1.807) is 0 Å². The summed E-state index contributed by atoms with van der Waals surface area (Å²) in [5, 5.41) is 8.94. The summed E-state index contributed by atoms with van der Waals surface area (Å²) in [4.78, 5) is 0. The van der Waals surface area contributed by atoms with Gasteiger partial charge in [0, 0.05) is 25.6 Å². The molecule has 4 nitrogen and oxygen atoms in total. The van der Waals surface area contributed by atoms with Crippen LogP contribution in [0, 0.1) is 12.8 Å². The summed E-state index contributed by atoms with van der Waals surface area (Å²) in [5.41, 5.74) is 2.05. The Morgan fingerprint density at radius 1 is 1.38 bits per heavy atom. The van der Waals surface area contributed by atoms with Gasteiger partial charge in [-0.15, -0.1) is 0 Å². The van der Waals surface area contributed by atoms with Crippen molar-refractivity contribution < 1.29 is 4.74 Å². The van der Waals surface area contributed by atoms with Gasteiger partial charge in [0.2, 0.25) is 0 Å². The van der Waals surface area contributed by atoms with E-state index in [9.17, 15) is 0 Å². The third kappa shape index (κ3) is 3.99. The fourth-order valence-electron chi connectivity index (χ4n) is 3.04. The predicted molar refractivity (Wildman–Crippen MR) is 87.0 cm³/mol. The van der Waals surface area contributed by atoms with Gasteiger partial charge in [-0.3, -0.25) is 4.68 Å². The van der Waals surface area contributed by atoms with Crippen LogP contribution in [0.4, 0.5) is 0 Å². The van der Waals surface area contributed by atoms with E-state index in [0.29, 0.717) is 12.0 Å². The van der Waals surface area contributed by atoms with Crippen LogP contribution in [0.1, 0.15) is 45.0 Å². The maximum Gasteiger partial charge on any atom is 0.0847 e. The molecular formula is C16H28ClN3O. The second-order valence-corrected chi connectivity index (χ2v) is 6.17. The Kier molecular flexibility index (Phi) is 6.08. The number of hydrogen-bond donors (Lipinski definition) is 1. The van der Waals surface area contributed by atoms with Gasteiger partial charge in [-0.25, -0.2) is 0 Å². The molecule has 1 aliphatic rings. The van der Waals surface area contributed by atoms with Crippen molar-refractivity contribution in [3.63, 3.8) is 0 Å². The van der Waals surface area contributed by atoms with Gasteiger partial charge in [0.25, 0.3) is 0 Å². The van der Waals surface area contributed by atoms with E-state index < -0.39 is 0 Å². The molecule has 1 saturated carbocycles. The molecule has 21 heavy (non-hydrogen) atoms. The molecule has 0 saturated heterocycles. The number of aryl methyl sites for hydroxylation is 2. The lowest BCUT2D eigenvalue weighted by molar-refractivity contribution is 0.0191. The van der Waals surface area contributed by atoms with Gasteiger partial charge in [0.05, 0.1) is 22.5 Å². The van der Waals surface area contributed by atoms with Crippen LogP contribution in [0.2, 0.25) is 5.02 Å². The minimum atomic E-state index is 0.284. The molecule has 1 aliphatic carbocycles. The smallest absolute Gasteiger partial charge is 0.0847 e. The van der Waals surface area contributed by atoms with Crippen LogP contribution < -0.4 is 5.32 Å². The minimum Gasteiger partial charge on any atom is -0.377 e. The maximum absolute atomic E-state index is 6.46. The lowest BCUT2D eigenvalue weighted by atomic mass is 10.0. The van der Waals surface area contributed by atoms with Crippen molar-refractivity contribution in [3.05, 3.63) is 16.4 Å². The number of rotatable bonds is 9. The van der Waals surface area contributed by atoms with Crippen molar-refractivity contribution in [1.29, 1.82) is 0 Å². The van der Waals surface area contributed by atoms with E-state index in [4.69, 9.17) is 16.3 Å². The summed E-state index contributed by atoms with van der Waals surface area (Å²) in [5.74, 6) is 0.701. The second kappa shape index (κ2) is 7.61. The van der Waals surface area contributed by atoms with Gasteiger partial charge in [-0.05, 0) is 46.1 Å². The molecule has 2 atom stereocenters. The van der Waals surface area contributed by atoms with Crippen molar-refractivity contribution >= 4 is 11.6 Å². The number of halogens is 1. The van der Waals surface area contributed by atoms with Crippen LogP contribution in [-0.2, 0) is 17.7 Å². The summed E-state index contributed by atoms with van der Waals surface area (Å²) < 4.78 is 8.06. The van der Waals surface area contributed by atoms with E-state index >= 15 is 0 Å². The maximum atomic E-state index is 6.46. The first-order chi connectivity index (χ1) is 10.1. The SMILES string of the molecule is CCNC(Cc1c(Cl)c(C)nn1CC)C(OCC)C1CC1. The van der Waals surface area contributed by atoms with Gasteiger partial charge in [-0.2, -0.15) is 5.10 Å². The molecule has 1 N–H and O–H groups in total. The fraction of sp³-hybridized carbons (Fsp3) is 0.812. The Morgan fingerprint density at radius 2 is 2.10 bits per heavy atom. The molecule has 1 fully saturated rings. The van der Waals surface area contributed by atoms with Crippen LogP contribution in [-0.4, -0.2) is 35.1 Å². The Balaban J connectivity index is 2.18. The highest BCUT2D eigenvalue weighted by molar-refractivity contribution is 6.31. The molecule has 0 amide bonds. The van der Waals surface area contributed by atoms with Crippen LogP contribution >= 0.6 is 11.6 Å². The highest BCUT2D eigenvalue weighted by Crippen LogP contribution is 2.37. The average molecular weight is 314 g/mol. The van der Waals surface area contributed by atoms with Crippen molar-refractivity contribution in [1.82, 2.24) is 15.1 Å². The summed E-state index contributed by atoms with van der Waals surface area (Å²) in [6.07, 6.45) is 3.73. The Labute approximate surface area is 133 Å². The zero-order valence-corrected chi connectivity index (χ0v) is 14.4. The van der Waals surface area contributed by atoms with Gasteiger partial charge in [0.15, 0.2) is 0 Å². The first-order valence-corrected chi connectivity index (χ1v) is 8.56. The van der Waals surface area contributed by atoms with Crippen LogP contribution in [0.15, 0.2) is 0 Å². The fourth-order valence-corrected chi connectivity index (χ4v) is 3.25. The second-order valence-electron chi connectivity index (χ2n) is 5.79. The lowest BCUT2D eigenvalue weighted by Gasteiger charge is -2.28. The molecule has 0 aliphatic heterocycles. The molecule has 2 rings (SSSR count). The van der Waals surface area contributed by atoms with Crippen LogP contribution in [0.25, 0.3) is 0 Å². The van der Waals surface area contributed by atoms with Gasteiger partial charge in [0.1, 0.15) is 0 Å². The molecular weight excluding hydrogens is 286 g/mol. The first-order valence-electron chi connectivity index (χ1n) is 8.19. The molecule has 5 heteroatoms. The third-order valence-corrected chi connectivity index (χ3v) is 4.67. The monoisotopic (exact) mass is 313 g/mol. The lowest BCUT2D eigenvalue weighted by Crippen LogP contribution is -2.44. The number of ether oxygens (including phenoxy) is 1. The van der Waals surface area contributed by atoms with Crippen LogP contribution in [0.3, 0.4) is 0 Å². The molecule has 0 radical (unpaired) electrons. The zero-order chi connectivity index (χ0) is 15.4. The standard InChI is InChI=1S/C16H28ClN3O/c1-5-18-13(16(21-7-3)12-8-9-12)10-14-15(17)11(4)19-20(14)6-2/h12-13,16,18H,5-10H2,1-4H3. The molecule has 1 heterocycles. The molecule has 1 aromatic heterocycles. The van der Waals surface area contributed by atoms with Gasteiger partial charge < -0.3 is 10.1 Å². The number of nitrogens with one attached hydrogen (secondary N) is 1. The summed E-state index contributed by atoms with van der Waals surface area (Å²) >= 11 is 6.46. The molecule has 1 aromatic rings. The normalized spacial score (nSPS) is 18.0. The minimum absolute atomic E-state index is 0.284. The highest BCUT2D eigenvalue weighted by atomic mass is 35.5. The van der Waals surface area contributed by atoms with Crippen molar-refractivity contribution in [2.24, 2.45) is 5.92 Å². The summed E-state index contributed by atoms with van der Waals surface area (Å²) in [7, 11) is 0. The zero-order valence-electron chi connectivity index (χ0n) is 13.7. The van der Waals surface area contributed by atoms with E-state index in [-0.39, 0.29) is 6.10 Å². The summed E-state index contributed by atoms with van der Waals surface area (Å²) in [6, 6.07) is 0.307. The van der Waals surface area contributed by atoms with E-state index in [1.807, 2.05) is 11.6 Å². The number of hydrogen-bond acceptors (Lipinski definition) is 3. The molecule has 0 spiro atoms. The largest absolute Gasteiger partial charge is 0.377 e. The van der Waals surface area contributed by atoms with Crippen molar-refractivity contribution in [3.8, 4) is 0 Å². The van der Waals surface area contributed by atoms with Gasteiger partial charge in [-0.1, -0.05) is 18.5 Å². The molecule has 120 valence electrons. The van der Waals surface area contributed by atoms with E-state index in [1.165, 1.54) is 12.8 Å². The summed E-state index contributed by atoms with van der Waals surface area (Å²) in [6.45, 7) is 10.9. The molecule has 0 aromatic carbocycles. The number of aromatic nitrogens is 2. The predicted octanol–water partition coefficient (Wildman–Crippen LogP) is 3.20. The quantitative estimate of drug-likeness (QED) is 0.761. The first kappa shape index (κ1) is 16.8. The van der Waals surface area contributed by atoms with E-state index in [2.05, 4.69) is 31.2 Å². The molecule has 0 bridgehead atoms. The van der Waals surface area contributed by atoms with Crippen molar-refractivity contribution in [2.45, 2.75) is 65.6 Å². The van der Waals surface area contributed by atoms with Gasteiger partial charge >= 0.3 is 0 Å². The van der Waals surface area contributed by atoms with E-state index in [0.717, 1.165) is 42.5 Å². The average Bonchev–Trinajstić information content (AvgIpc) is 3.27.